The number of rotatable bonds is 5. The Morgan fingerprint density at radius 2 is 2.19 bits per heavy atom. The zero-order chi connectivity index (χ0) is 11.7. The lowest BCUT2D eigenvalue weighted by Crippen LogP contribution is -2.28. The number of thiophene rings is 1. The van der Waals surface area contributed by atoms with Gasteiger partial charge in [-0.05, 0) is 45.7 Å². The lowest BCUT2D eigenvalue weighted by Gasteiger charge is -2.14. The maximum absolute atomic E-state index is 12.1. The smallest absolute Gasteiger partial charge is 0.177 e. The van der Waals surface area contributed by atoms with Crippen molar-refractivity contribution in [1.29, 1.82) is 0 Å². The number of nitrogens with zero attached hydrogens (tertiary/aromatic N) is 1. The van der Waals surface area contributed by atoms with E-state index in [-0.39, 0.29) is 5.78 Å². The fourth-order valence-electron chi connectivity index (χ4n) is 2.04. The molecule has 0 saturated heterocycles. The van der Waals surface area contributed by atoms with Crippen LogP contribution in [0.1, 0.15) is 33.0 Å². The molecule has 0 amide bonds. The highest BCUT2D eigenvalue weighted by Gasteiger charge is 2.24. The quantitative estimate of drug-likeness (QED) is 0.734. The second kappa shape index (κ2) is 4.68. The van der Waals surface area contributed by atoms with E-state index in [4.69, 9.17) is 0 Å². The average molecular weight is 237 g/mol. The van der Waals surface area contributed by atoms with Crippen molar-refractivity contribution in [3.63, 3.8) is 0 Å². The number of hydrogen-bond acceptors (Lipinski definition) is 3. The molecule has 0 N–H and O–H groups in total. The zero-order valence-electron chi connectivity index (χ0n) is 10.2. The van der Waals surface area contributed by atoms with Crippen molar-refractivity contribution >= 4 is 17.1 Å². The Morgan fingerprint density at radius 3 is 2.69 bits per heavy atom. The van der Waals surface area contributed by atoms with E-state index >= 15 is 0 Å². The van der Waals surface area contributed by atoms with Gasteiger partial charge in [-0.3, -0.25) is 9.69 Å². The van der Waals surface area contributed by atoms with Gasteiger partial charge in [0.25, 0.3) is 0 Å². The van der Waals surface area contributed by atoms with Crippen LogP contribution in [0.2, 0.25) is 0 Å². The first kappa shape index (κ1) is 11.8. The molecule has 1 saturated carbocycles. The largest absolute Gasteiger partial charge is 0.299 e. The van der Waals surface area contributed by atoms with Crippen LogP contribution in [0.25, 0.3) is 0 Å². The molecule has 1 fully saturated rings. The molecule has 16 heavy (non-hydrogen) atoms. The number of aryl methyl sites for hydroxylation is 2. The third kappa shape index (κ3) is 2.92. The van der Waals surface area contributed by atoms with E-state index in [0.29, 0.717) is 6.54 Å². The van der Waals surface area contributed by atoms with Crippen LogP contribution in [-0.4, -0.2) is 30.8 Å². The lowest BCUT2D eigenvalue weighted by molar-refractivity contribution is 0.0944. The van der Waals surface area contributed by atoms with E-state index < -0.39 is 0 Å². The molecular formula is C13H19NOS. The molecule has 0 spiro atoms. The fourth-order valence-corrected chi connectivity index (χ4v) is 2.99. The third-order valence-electron chi connectivity index (χ3n) is 3.02. The molecule has 0 bridgehead atoms. The van der Waals surface area contributed by atoms with Crippen molar-refractivity contribution in [3.8, 4) is 0 Å². The summed E-state index contributed by atoms with van der Waals surface area (Å²) in [4.78, 5) is 16.6. The van der Waals surface area contributed by atoms with Gasteiger partial charge in [-0.2, -0.15) is 0 Å². The number of Topliss-reactive ketones (excluding diaryl/α,β-unsaturated/α-hetero) is 1. The van der Waals surface area contributed by atoms with Crippen LogP contribution in [0, 0.1) is 19.8 Å². The SMILES string of the molecule is Cc1cc(C(=O)CN(C)CC2CC2)c(C)s1. The van der Waals surface area contributed by atoms with Crippen LogP contribution >= 0.6 is 11.3 Å². The summed E-state index contributed by atoms with van der Waals surface area (Å²) in [5, 5.41) is 0. The zero-order valence-corrected chi connectivity index (χ0v) is 11.1. The van der Waals surface area contributed by atoms with Crippen molar-refractivity contribution in [1.82, 2.24) is 4.90 Å². The highest BCUT2D eigenvalue weighted by molar-refractivity contribution is 7.12. The van der Waals surface area contributed by atoms with Crippen molar-refractivity contribution in [2.45, 2.75) is 26.7 Å². The number of likely N-dealkylation sites (N-methyl/N-ethyl adjacent to an activating group) is 1. The molecule has 2 nitrogen and oxygen atoms in total. The standard InChI is InChI=1S/C13H19NOS/c1-9-6-12(10(2)16-9)13(15)8-14(3)7-11-4-5-11/h6,11H,4-5,7-8H2,1-3H3. The van der Waals surface area contributed by atoms with Gasteiger partial charge in [0, 0.05) is 21.9 Å². The summed E-state index contributed by atoms with van der Waals surface area (Å²) in [6, 6.07) is 2.02. The Bertz CT molecular complexity index is 393. The molecule has 0 atom stereocenters. The Labute approximate surface area is 101 Å². The van der Waals surface area contributed by atoms with E-state index in [2.05, 4.69) is 11.8 Å². The van der Waals surface area contributed by atoms with Crippen LogP contribution < -0.4 is 0 Å². The molecule has 1 heterocycles. The molecule has 0 aliphatic heterocycles. The van der Waals surface area contributed by atoms with Gasteiger partial charge >= 0.3 is 0 Å². The Hall–Kier alpha value is -0.670. The van der Waals surface area contributed by atoms with Crippen LogP contribution in [0.4, 0.5) is 0 Å². The van der Waals surface area contributed by atoms with Gasteiger partial charge in [-0.15, -0.1) is 11.3 Å². The molecule has 2 rings (SSSR count). The summed E-state index contributed by atoms with van der Waals surface area (Å²) in [5.74, 6) is 1.12. The Morgan fingerprint density at radius 1 is 1.50 bits per heavy atom. The Balaban J connectivity index is 1.93. The van der Waals surface area contributed by atoms with Crippen LogP contribution in [0.3, 0.4) is 0 Å². The average Bonchev–Trinajstić information content (AvgIpc) is 2.90. The van der Waals surface area contributed by atoms with Crippen molar-refractivity contribution in [3.05, 3.63) is 21.4 Å². The highest BCUT2D eigenvalue weighted by Crippen LogP contribution is 2.29. The van der Waals surface area contributed by atoms with Gasteiger partial charge in [0.05, 0.1) is 6.54 Å². The van der Waals surface area contributed by atoms with Crippen LogP contribution in [0.5, 0.6) is 0 Å². The van der Waals surface area contributed by atoms with Gasteiger partial charge in [0.15, 0.2) is 5.78 Å². The normalized spacial score (nSPS) is 15.8. The van der Waals surface area contributed by atoms with E-state index in [9.17, 15) is 4.79 Å². The summed E-state index contributed by atoms with van der Waals surface area (Å²) in [7, 11) is 2.05. The van der Waals surface area contributed by atoms with Crippen molar-refractivity contribution in [2.24, 2.45) is 5.92 Å². The van der Waals surface area contributed by atoms with Gasteiger partial charge < -0.3 is 0 Å². The maximum Gasteiger partial charge on any atom is 0.177 e. The minimum Gasteiger partial charge on any atom is -0.299 e. The summed E-state index contributed by atoms with van der Waals surface area (Å²) >= 11 is 1.71. The second-order valence-corrected chi connectivity index (χ2v) is 6.35. The van der Waals surface area contributed by atoms with Gasteiger partial charge in [-0.1, -0.05) is 0 Å². The third-order valence-corrected chi connectivity index (χ3v) is 3.99. The monoisotopic (exact) mass is 237 g/mol. The predicted octanol–water partition coefficient (Wildman–Crippen LogP) is 2.89. The predicted molar refractivity (Wildman–Crippen MR) is 68.3 cm³/mol. The summed E-state index contributed by atoms with van der Waals surface area (Å²) < 4.78 is 0. The van der Waals surface area contributed by atoms with Crippen LogP contribution in [-0.2, 0) is 0 Å². The van der Waals surface area contributed by atoms with E-state index in [1.807, 2.05) is 20.0 Å². The van der Waals surface area contributed by atoms with Gasteiger partial charge in [0.2, 0.25) is 0 Å². The number of ketones is 1. The summed E-state index contributed by atoms with van der Waals surface area (Å²) in [6.07, 6.45) is 2.68. The van der Waals surface area contributed by atoms with E-state index in [1.165, 1.54) is 17.7 Å². The highest BCUT2D eigenvalue weighted by atomic mass is 32.1. The molecule has 3 heteroatoms. The van der Waals surface area contributed by atoms with Gasteiger partial charge in [0.1, 0.15) is 0 Å². The number of carbonyl (C=O) groups is 1. The van der Waals surface area contributed by atoms with Crippen molar-refractivity contribution in [2.75, 3.05) is 20.1 Å². The molecule has 0 radical (unpaired) electrons. The molecule has 0 unspecified atom stereocenters. The minimum atomic E-state index is 0.269. The lowest BCUT2D eigenvalue weighted by atomic mass is 10.1. The first-order valence-electron chi connectivity index (χ1n) is 5.85. The first-order chi connectivity index (χ1) is 7.56. The fraction of sp³-hybridized carbons (Fsp3) is 0.615. The summed E-state index contributed by atoms with van der Waals surface area (Å²) in [6.45, 7) is 5.73. The van der Waals surface area contributed by atoms with Crippen LogP contribution in [0.15, 0.2) is 6.07 Å². The second-order valence-electron chi connectivity index (χ2n) is 4.89. The summed E-state index contributed by atoms with van der Waals surface area (Å²) in [5.41, 5.74) is 0.921. The van der Waals surface area contributed by atoms with Gasteiger partial charge in [-0.25, -0.2) is 0 Å². The number of carbonyl (C=O) groups excluding carboxylic acids is 1. The minimum absolute atomic E-state index is 0.269. The molecule has 1 aliphatic carbocycles. The topological polar surface area (TPSA) is 20.3 Å². The molecule has 1 aromatic heterocycles. The maximum atomic E-state index is 12.1. The van der Waals surface area contributed by atoms with Crippen molar-refractivity contribution < 1.29 is 4.79 Å². The number of hydrogen-bond donors (Lipinski definition) is 0. The van der Waals surface area contributed by atoms with E-state index in [0.717, 1.165) is 22.9 Å². The molecule has 88 valence electrons. The molecule has 0 aromatic carbocycles. The molecule has 1 aliphatic rings. The Kier molecular flexibility index (Phi) is 3.45. The molecule has 1 aromatic rings. The molecular weight excluding hydrogens is 218 g/mol. The first-order valence-corrected chi connectivity index (χ1v) is 6.66. The van der Waals surface area contributed by atoms with E-state index in [1.54, 1.807) is 11.3 Å².